The smallest absolute Gasteiger partial charge is 0.191 e. The highest BCUT2D eigenvalue weighted by molar-refractivity contribution is 7.99. The highest BCUT2D eigenvalue weighted by atomic mass is 32.2. The number of hydrogen-bond donors (Lipinski definition) is 2. The number of fused-ring (bicyclic) bond motifs is 1. The van der Waals surface area contributed by atoms with Crippen molar-refractivity contribution in [3.05, 3.63) is 42.2 Å². The summed E-state index contributed by atoms with van der Waals surface area (Å²) in [6.07, 6.45) is 1.75. The van der Waals surface area contributed by atoms with Gasteiger partial charge in [0.1, 0.15) is 5.52 Å². The van der Waals surface area contributed by atoms with Crippen LogP contribution in [0.15, 0.2) is 41.8 Å². The van der Waals surface area contributed by atoms with Gasteiger partial charge in [0.2, 0.25) is 0 Å². The molecule has 3 rings (SSSR count). The first kappa shape index (κ1) is 13.8. The minimum absolute atomic E-state index is 0.409. The normalized spacial score (nSPS) is 11.1. The van der Waals surface area contributed by atoms with Crippen molar-refractivity contribution in [2.24, 2.45) is 5.73 Å². The van der Waals surface area contributed by atoms with Gasteiger partial charge < -0.3 is 16.0 Å². The van der Waals surface area contributed by atoms with Crippen LogP contribution < -0.4 is 11.5 Å². The lowest BCUT2D eigenvalue weighted by Gasteiger charge is -2.05. The molecule has 2 aromatic heterocycles. The summed E-state index contributed by atoms with van der Waals surface area (Å²) in [5, 5.41) is 0.639. The fourth-order valence-electron chi connectivity index (χ4n) is 2.06. The summed E-state index contributed by atoms with van der Waals surface area (Å²) in [5.41, 5.74) is 14.1. The van der Waals surface area contributed by atoms with Crippen LogP contribution in [-0.4, -0.2) is 31.8 Å². The maximum Gasteiger partial charge on any atom is 0.191 e. The molecule has 7 heteroatoms. The van der Waals surface area contributed by atoms with E-state index < -0.39 is 0 Å². The van der Waals surface area contributed by atoms with Gasteiger partial charge in [-0.1, -0.05) is 42.1 Å². The zero-order valence-electron chi connectivity index (χ0n) is 11.4. The summed E-state index contributed by atoms with van der Waals surface area (Å²) >= 11 is 1.50. The second-order valence-electron chi connectivity index (χ2n) is 4.56. The van der Waals surface area contributed by atoms with Crippen LogP contribution in [-0.2, 0) is 6.54 Å². The molecule has 0 aliphatic carbocycles. The molecule has 0 spiro atoms. The molecular weight excluding hydrogens is 284 g/mol. The average molecular weight is 300 g/mol. The lowest BCUT2D eigenvalue weighted by Crippen LogP contribution is -2.05. The molecule has 1 aromatic carbocycles. The number of benzene rings is 1. The fourth-order valence-corrected chi connectivity index (χ4v) is 2.67. The number of hydrogen-bond acceptors (Lipinski definition) is 6. The molecule has 2 heterocycles. The monoisotopic (exact) mass is 300 g/mol. The SMILES string of the molecule is NCCSc1nc(N)c2ncn(Cc3ccccc3)c2n1. The largest absolute Gasteiger partial charge is 0.382 e. The molecule has 0 aliphatic rings. The van der Waals surface area contributed by atoms with Crippen LogP contribution in [0.2, 0.25) is 0 Å². The van der Waals surface area contributed by atoms with E-state index in [1.54, 1.807) is 6.33 Å². The Hall–Kier alpha value is -2.12. The van der Waals surface area contributed by atoms with Crippen LogP contribution in [0.25, 0.3) is 11.2 Å². The summed E-state index contributed by atoms with van der Waals surface area (Å²) < 4.78 is 1.98. The van der Waals surface area contributed by atoms with E-state index in [1.807, 2.05) is 22.8 Å². The molecular formula is C14H16N6S. The van der Waals surface area contributed by atoms with Crippen LogP contribution in [0.5, 0.6) is 0 Å². The van der Waals surface area contributed by atoms with Gasteiger partial charge in [-0.05, 0) is 5.56 Å². The van der Waals surface area contributed by atoms with Crippen molar-refractivity contribution in [3.63, 3.8) is 0 Å². The average Bonchev–Trinajstić information content (AvgIpc) is 2.90. The van der Waals surface area contributed by atoms with Gasteiger partial charge in [-0.2, -0.15) is 0 Å². The Kier molecular flexibility index (Phi) is 4.03. The van der Waals surface area contributed by atoms with E-state index in [2.05, 4.69) is 27.1 Å². The standard InChI is InChI=1S/C14H16N6S/c15-6-7-21-14-18-12(16)11-13(19-14)20(9-17-11)8-10-4-2-1-3-5-10/h1-5,9H,6-8,15H2,(H2,16,18,19). The molecule has 0 radical (unpaired) electrons. The number of anilines is 1. The summed E-state index contributed by atoms with van der Waals surface area (Å²) in [7, 11) is 0. The Balaban J connectivity index is 1.97. The molecule has 0 atom stereocenters. The Morgan fingerprint density at radius 1 is 1.14 bits per heavy atom. The van der Waals surface area contributed by atoms with Crippen molar-refractivity contribution in [1.82, 2.24) is 19.5 Å². The first-order valence-electron chi connectivity index (χ1n) is 6.63. The molecule has 0 bridgehead atoms. The van der Waals surface area contributed by atoms with E-state index in [-0.39, 0.29) is 0 Å². The molecule has 0 amide bonds. The number of nitrogens with zero attached hydrogens (tertiary/aromatic N) is 4. The number of imidazole rings is 1. The maximum atomic E-state index is 5.96. The predicted octanol–water partition coefficient (Wildman–Crippen LogP) is 1.51. The molecule has 0 saturated heterocycles. The van der Waals surface area contributed by atoms with Crippen molar-refractivity contribution in [2.45, 2.75) is 11.7 Å². The van der Waals surface area contributed by atoms with Crippen LogP contribution >= 0.6 is 11.8 Å². The third kappa shape index (κ3) is 2.98. The Bertz CT molecular complexity index is 740. The van der Waals surface area contributed by atoms with E-state index in [0.29, 0.717) is 29.6 Å². The first-order chi connectivity index (χ1) is 10.3. The molecule has 0 fully saturated rings. The lowest BCUT2D eigenvalue weighted by molar-refractivity contribution is 0.804. The highest BCUT2D eigenvalue weighted by Crippen LogP contribution is 2.21. The van der Waals surface area contributed by atoms with Crippen LogP contribution in [0.3, 0.4) is 0 Å². The number of rotatable bonds is 5. The summed E-state index contributed by atoms with van der Waals surface area (Å²) in [6, 6.07) is 10.2. The Labute approximate surface area is 126 Å². The number of nitrogens with two attached hydrogens (primary N) is 2. The highest BCUT2D eigenvalue weighted by Gasteiger charge is 2.11. The predicted molar refractivity (Wildman–Crippen MR) is 85.1 cm³/mol. The number of thioether (sulfide) groups is 1. The van der Waals surface area contributed by atoms with E-state index >= 15 is 0 Å². The molecule has 0 unspecified atom stereocenters. The third-order valence-corrected chi connectivity index (χ3v) is 3.90. The Morgan fingerprint density at radius 2 is 1.95 bits per heavy atom. The van der Waals surface area contributed by atoms with Gasteiger partial charge in [0, 0.05) is 12.3 Å². The van der Waals surface area contributed by atoms with E-state index in [4.69, 9.17) is 11.5 Å². The van der Waals surface area contributed by atoms with Crippen molar-refractivity contribution in [2.75, 3.05) is 18.0 Å². The second kappa shape index (κ2) is 6.11. The van der Waals surface area contributed by atoms with Gasteiger partial charge in [-0.15, -0.1) is 0 Å². The third-order valence-electron chi connectivity index (χ3n) is 3.02. The molecule has 108 valence electrons. The zero-order chi connectivity index (χ0) is 14.7. The lowest BCUT2D eigenvalue weighted by atomic mass is 10.2. The minimum Gasteiger partial charge on any atom is -0.382 e. The molecule has 0 saturated carbocycles. The van der Waals surface area contributed by atoms with Crippen LogP contribution in [0, 0.1) is 0 Å². The van der Waals surface area contributed by atoms with E-state index in [9.17, 15) is 0 Å². The maximum absolute atomic E-state index is 5.96. The summed E-state index contributed by atoms with van der Waals surface area (Å²) in [5.74, 6) is 1.17. The fraction of sp³-hybridized carbons (Fsp3) is 0.214. The number of aromatic nitrogens is 4. The van der Waals surface area contributed by atoms with Gasteiger partial charge in [0.15, 0.2) is 16.6 Å². The first-order valence-corrected chi connectivity index (χ1v) is 7.61. The molecule has 3 aromatic rings. The zero-order valence-corrected chi connectivity index (χ0v) is 12.3. The summed E-state index contributed by atoms with van der Waals surface area (Å²) in [6.45, 7) is 1.28. The van der Waals surface area contributed by atoms with Gasteiger partial charge in [-0.3, -0.25) is 0 Å². The van der Waals surface area contributed by atoms with E-state index in [0.717, 1.165) is 11.4 Å². The topological polar surface area (TPSA) is 95.6 Å². The Morgan fingerprint density at radius 3 is 2.71 bits per heavy atom. The molecule has 0 aliphatic heterocycles. The minimum atomic E-state index is 0.409. The van der Waals surface area contributed by atoms with Gasteiger partial charge in [0.05, 0.1) is 12.9 Å². The van der Waals surface area contributed by atoms with Gasteiger partial charge >= 0.3 is 0 Å². The van der Waals surface area contributed by atoms with Gasteiger partial charge in [-0.25, -0.2) is 15.0 Å². The van der Waals surface area contributed by atoms with Crippen molar-refractivity contribution in [3.8, 4) is 0 Å². The molecule has 4 N–H and O–H groups in total. The van der Waals surface area contributed by atoms with Crippen molar-refractivity contribution < 1.29 is 0 Å². The quantitative estimate of drug-likeness (QED) is 0.548. The van der Waals surface area contributed by atoms with Crippen LogP contribution in [0.1, 0.15) is 5.56 Å². The second-order valence-corrected chi connectivity index (χ2v) is 5.62. The van der Waals surface area contributed by atoms with Crippen LogP contribution in [0.4, 0.5) is 5.82 Å². The van der Waals surface area contributed by atoms with E-state index in [1.165, 1.54) is 17.3 Å². The molecule has 21 heavy (non-hydrogen) atoms. The van der Waals surface area contributed by atoms with Crippen molar-refractivity contribution in [1.29, 1.82) is 0 Å². The van der Waals surface area contributed by atoms with Gasteiger partial charge in [0.25, 0.3) is 0 Å². The van der Waals surface area contributed by atoms with Crippen molar-refractivity contribution >= 4 is 28.7 Å². The summed E-state index contributed by atoms with van der Waals surface area (Å²) in [4.78, 5) is 13.1. The number of nitrogen functional groups attached to an aromatic ring is 1. The molecule has 6 nitrogen and oxygen atoms in total.